The SMILES string of the molecule is O=S([O-])Cc1ccc(-c2ccc(O)c(F)c2)nc1. The van der Waals surface area contributed by atoms with Crippen molar-refractivity contribution in [3.8, 4) is 17.0 Å². The van der Waals surface area contributed by atoms with Crippen LogP contribution in [0.4, 0.5) is 4.39 Å². The molecule has 2 aromatic rings. The van der Waals surface area contributed by atoms with Crippen molar-refractivity contribution in [1.82, 2.24) is 4.98 Å². The molecule has 4 nitrogen and oxygen atoms in total. The van der Waals surface area contributed by atoms with Crippen LogP contribution in [0.25, 0.3) is 11.3 Å². The maximum absolute atomic E-state index is 13.2. The molecule has 0 aliphatic rings. The Morgan fingerprint density at radius 2 is 2.11 bits per heavy atom. The largest absolute Gasteiger partial charge is 0.772 e. The van der Waals surface area contributed by atoms with Crippen LogP contribution >= 0.6 is 0 Å². The van der Waals surface area contributed by atoms with Crippen LogP contribution in [0.2, 0.25) is 0 Å². The van der Waals surface area contributed by atoms with Crippen molar-refractivity contribution in [3.05, 3.63) is 47.9 Å². The maximum Gasteiger partial charge on any atom is 0.165 e. The lowest BCUT2D eigenvalue weighted by molar-refractivity contribution is 0.432. The molecule has 1 aromatic heterocycles. The summed E-state index contributed by atoms with van der Waals surface area (Å²) in [6, 6.07) is 7.17. The van der Waals surface area contributed by atoms with E-state index in [1.807, 2.05) is 0 Å². The van der Waals surface area contributed by atoms with Gasteiger partial charge < -0.3 is 9.66 Å². The highest BCUT2D eigenvalue weighted by Crippen LogP contribution is 2.23. The van der Waals surface area contributed by atoms with E-state index in [0.29, 0.717) is 16.8 Å². The van der Waals surface area contributed by atoms with Crippen molar-refractivity contribution in [2.45, 2.75) is 5.75 Å². The summed E-state index contributed by atoms with van der Waals surface area (Å²) in [4.78, 5) is 4.05. The summed E-state index contributed by atoms with van der Waals surface area (Å²) in [5.41, 5.74) is 1.58. The van der Waals surface area contributed by atoms with Crippen molar-refractivity contribution < 1.29 is 18.3 Å². The van der Waals surface area contributed by atoms with E-state index < -0.39 is 22.6 Å². The first-order valence-electron chi connectivity index (χ1n) is 5.06. The molecule has 1 heterocycles. The molecule has 0 saturated heterocycles. The number of phenols is 1. The predicted molar refractivity (Wildman–Crippen MR) is 63.9 cm³/mol. The molecule has 0 radical (unpaired) electrons. The van der Waals surface area contributed by atoms with E-state index in [9.17, 15) is 13.2 Å². The van der Waals surface area contributed by atoms with Gasteiger partial charge in [0.05, 0.1) is 5.69 Å². The third kappa shape index (κ3) is 2.91. The number of nitrogens with zero attached hydrogens (tertiary/aromatic N) is 1. The summed E-state index contributed by atoms with van der Waals surface area (Å²) >= 11 is -2.16. The fourth-order valence-corrected chi connectivity index (χ4v) is 1.93. The fraction of sp³-hybridized carbons (Fsp3) is 0.0833. The second kappa shape index (κ2) is 5.24. The van der Waals surface area contributed by atoms with Gasteiger partial charge in [-0.25, -0.2) is 4.39 Å². The summed E-state index contributed by atoms with van der Waals surface area (Å²) in [7, 11) is 0. The van der Waals surface area contributed by atoms with E-state index in [4.69, 9.17) is 5.11 Å². The Morgan fingerprint density at radius 1 is 1.33 bits per heavy atom. The van der Waals surface area contributed by atoms with Crippen LogP contribution in [0.1, 0.15) is 5.56 Å². The lowest BCUT2D eigenvalue weighted by Crippen LogP contribution is -1.94. The first-order valence-corrected chi connectivity index (χ1v) is 6.30. The summed E-state index contributed by atoms with van der Waals surface area (Å²) in [6.45, 7) is 0. The Labute approximate surface area is 105 Å². The number of rotatable bonds is 3. The molecule has 0 fully saturated rings. The van der Waals surface area contributed by atoms with E-state index in [1.165, 1.54) is 24.4 Å². The minimum atomic E-state index is -2.16. The second-order valence-corrected chi connectivity index (χ2v) is 4.56. The molecule has 0 saturated carbocycles. The van der Waals surface area contributed by atoms with E-state index in [2.05, 4.69) is 4.98 Å². The molecule has 18 heavy (non-hydrogen) atoms. The van der Waals surface area contributed by atoms with Crippen molar-refractivity contribution in [1.29, 1.82) is 0 Å². The van der Waals surface area contributed by atoms with Crippen LogP contribution in [0, 0.1) is 5.82 Å². The fourth-order valence-electron chi connectivity index (χ4n) is 1.48. The Hall–Kier alpha value is -1.79. The van der Waals surface area contributed by atoms with Crippen LogP contribution in [0.15, 0.2) is 36.5 Å². The van der Waals surface area contributed by atoms with Gasteiger partial charge in [-0.1, -0.05) is 17.1 Å². The molecule has 1 aromatic carbocycles. The zero-order chi connectivity index (χ0) is 13.1. The third-order valence-electron chi connectivity index (χ3n) is 2.35. The lowest BCUT2D eigenvalue weighted by atomic mass is 10.1. The van der Waals surface area contributed by atoms with E-state index in [1.54, 1.807) is 12.1 Å². The molecular formula is C12H9FNO3S-. The normalized spacial score (nSPS) is 12.3. The van der Waals surface area contributed by atoms with Gasteiger partial charge in [-0.15, -0.1) is 0 Å². The minimum absolute atomic E-state index is 0.1000. The molecule has 1 unspecified atom stereocenters. The molecule has 94 valence electrons. The number of phenolic OH excluding ortho intramolecular Hbond substituents is 1. The van der Waals surface area contributed by atoms with Gasteiger partial charge in [-0.05, 0) is 29.8 Å². The summed E-state index contributed by atoms with van der Waals surface area (Å²) in [6.07, 6.45) is 1.43. The zero-order valence-electron chi connectivity index (χ0n) is 9.17. The number of hydrogen-bond acceptors (Lipinski definition) is 4. The summed E-state index contributed by atoms with van der Waals surface area (Å²) < 4.78 is 34.2. The van der Waals surface area contributed by atoms with Gasteiger partial charge in [0, 0.05) is 17.5 Å². The Morgan fingerprint density at radius 3 is 2.67 bits per heavy atom. The first-order chi connectivity index (χ1) is 8.56. The van der Waals surface area contributed by atoms with Crippen molar-refractivity contribution >= 4 is 11.1 Å². The van der Waals surface area contributed by atoms with E-state index >= 15 is 0 Å². The Kier molecular flexibility index (Phi) is 3.69. The van der Waals surface area contributed by atoms with Crippen LogP contribution in [-0.4, -0.2) is 18.9 Å². The third-order valence-corrected chi connectivity index (χ3v) is 2.92. The van der Waals surface area contributed by atoms with Gasteiger partial charge in [0.25, 0.3) is 0 Å². The highest BCUT2D eigenvalue weighted by atomic mass is 32.2. The Balaban J connectivity index is 2.28. The van der Waals surface area contributed by atoms with Gasteiger partial charge in [-0.3, -0.25) is 9.19 Å². The van der Waals surface area contributed by atoms with Crippen LogP contribution < -0.4 is 0 Å². The molecule has 0 aliphatic heterocycles. The molecule has 6 heteroatoms. The summed E-state index contributed by atoms with van der Waals surface area (Å²) in [5.74, 6) is -1.24. The van der Waals surface area contributed by atoms with Gasteiger partial charge in [-0.2, -0.15) is 0 Å². The average molecular weight is 266 g/mol. The van der Waals surface area contributed by atoms with Crippen molar-refractivity contribution in [2.75, 3.05) is 0 Å². The molecule has 0 aliphatic carbocycles. The molecular weight excluding hydrogens is 257 g/mol. The predicted octanol–water partition coefficient (Wildman–Crippen LogP) is 1.97. The summed E-state index contributed by atoms with van der Waals surface area (Å²) in [5, 5.41) is 9.07. The quantitative estimate of drug-likeness (QED) is 0.862. The highest BCUT2D eigenvalue weighted by molar-refractivity contribution is 7.78. The van der Waals surface area contributed by atoms with Gasteiger partial charge in [0.1, 0.15) is 0 Å². The monoisotopic (exact) mass is 266 g/mol. The van der Waals surface area contributed by atoms with E-state index in [-0.39, 0.29) is 5.75 Å². The van der Waals surface area contributed by atoms with Crippen molar-refractivity contribution in [2.24, 2.45) is 0 Å². The minimum Gasteiger partial charge on any atom is -0.772 e. The molecule has 0 spiro atoms. The smallest absolute Gasteiger partial charge is 0.165 e. The van der Waals surface area contributed by atoms with Gasteiger partial charge in [0.15, 0.2) is 11.6 Å². The standard InChI is InChI=1S/C12H10FNO3S/c13-10-5-9(2-4-12(10)15)11-3-1-8(6-14-11)7-18(16)17/h1-6,15H,7H2,(H,16,17)/p-1. The lowest BCUT2D eigenvalue weighted by Gasteiger charge is -2.06. The average Bonchev–Trinajstić information content (AvgIpc) is 2.33. The first kappa shape index (κ1) is 12.7. The van der Waals surface area contributed by atoms with Crippen LogP contribution in [0.5, 0.6) is 5.75 Å². The number of aromatic nitrogens is 1. The number of halogens is 1. The topological polar surface area (TPSA) is 73.2 Å². The van der Waals surface area contributed by atoms with Gasteiger partial charge in [0.2, 0.25) is 0 Å². The van der Waals surface area contributed by atoms with Crippen molar-refractivity contribution in [3.63, 3.8) is 0 Å². The number of hydrogen-bond donors (Lipinski definition) is 1. The van der Waals surface area contributed by atoms with Crippen LogP contribution in [0.3, 0.4) is 0 Å². The van der Waals surface area contributed by atoms with E-state index in [0.717, 1.165) is 0 Å². The molecule has 1 atom stereocenters. The Bertz CT molecular complexity index is 586. The second-order valence-electron chi connectivity index (χ2n) is 3.67. The number of aromatic hydroxyl groups is 1. The van der Waals surface area contributed by atoms with Gasteiger partial charge >= 0.3 is 0 Å². The molecule has 0 bridgehead atoms. The zero-order valence-corrected chi connectivity index (χ0v) is 9.98. The number of pyridine rings is 1. The van der Waals surface area contributed by atoms with Crippen LogP contribution in [-0.2, 0) is 16.8 Å². The highest BCUT2D eigenvalue weighted by Gasteiger charge is 2.05. The molecule has 1 N–H and O–H groups in total. The molecule has 0 amide bonds. The number of benzene rings is 1. The maximum atomic E-state index is 13.2. The molecule has 2 rings (SSSR count).